The number of hydrogen-bond donors (Lipinski definition) is 2. The van der Waals surface area contributed by atoms with Gasteiger partial charge in [0.2, 0.25) is 5.91 Å². The monoisotopic (exact) mass is 445 g/mol. The van der Waals surface area contributed by atoms with Crippen LogP contribution in [0.15, 0.2) is 0 Å². The lowest BCUT2D eigenvalue weighted by Gasteiger charge is -2.31. The smallest absolute Gasteiger partial charge is 0.261 e. The Hall–Kier alpha value is -2.06. The van der Waals surface area contributed by atoms with E-state index in [2.05, 4.69) is 36.3 Å². The predicted molar refractivity (Wildman–Crippen MR) is 126 cm³/mol. The van der Waals surface area contributed by atoms with Gasteiger partial charge in [-0.1, -0.05) is 27.7 Å². The highest BCUT2D eigenvalue weighted by Crippen LogP contribution is 2.33. The lowest BCUT2D eigenvalue weighted by atomic mass is 9.95. The normalized spacial score (nSPS) is 15.9. The number of likely N-dealkylation sites (tertiary alicyclic amines) is 1. The molecule has 1 aliphatic rings. The molecule has 1 saturated heterocycles. The molecule has 7 nitrogen and oxygen atoms in total. The second kappa shape index (κ2) is 9.61. The molecule has 0 spiro atoms. The molecule has 170 valence electrons. The molecule has 0 radical (unpaired) electrons. The quantitative estimate of drug-likeness (QED) is 0.712. The highest BCUT2D eigenvalue weighted by molar-refractivity contribution is 7.20. The standard InChI is InChI=1S/C23H35N5O2S/c1-7-10-24-17(29)13-28-11-8-16(9-12-28)26-20(30)19-14(2)18-15(3)25-22(23(4,5)6)27-21(18)31-19/h16H,7-13H2,1-6H3,(H,24,29)(H,26,30). The van der Waals surface area contributed by atoms with Gasteiger partial charge in [0.05, 0.1) is 17.1 Å². The van der Waals surface area contributed by atoms with Gasteiger partial charge >= 0.3 is 0 Å². The van der Waals surface area contributed by atoms with Crippen LogP contribution in [0.4, 0.5) is 0 Å². The number of carbonyl (C=O) groups excluding carboxylic acids is 2. The molecule has 1 aliphatic heterocycles. The number of fused-ring (bicyclic) bond motifs is 1. The third kappa shape index (κ3) is 5.60. The van der Waals surface area contributed by atoms with Crippen LogP contribution in [0.2, 0.25) is 0 Å². The van der Waals surface area contributed by atoms with E-state index < -0.39 is 0 Å². The van der Waals surface area contributed by atoms with Crippen LogP contribution < -0.4 is 10.6 Å². The van der Waals surface area contributed by atoms with Crippen LogP contribution in [-0.2, 0) is 10.2 Å². The Labute approximate surface area is 189 Å². The molecular weight excluding hydrogens is 410 g/mol. The Balaban J connectivity index is 1.64. The third-order valence-corrected chi connectivity index (χ3v) is 6.89. The molecule has 2 N–H and O–H groups in total. The largest absolute Gasteiger partial charge is 0.355 e. The van der Waals surface area contributed by atoms with Crippen LogP contribution in [0.1, 0.15) is 73.7 Å². The van der Waals surface area contributed by atoms with Crippen molar-refractivity contribution in [1.29, 1.82) is 0 Å². The van der Waals surface area contributed by atoms with Crippen molar-refractivity contribution in [2.24, 2.45) is 0 Å². The number of piperidine rings is 1. The van der Waals surface area contributed by atoms with Gasteiger partial charge in [-0.2, -0.15) is 0 Å². The van der Waals surface area contributed by atoms with Gasteiger partial charge in [-0.25, -0.2) is 9.97 Å². The second-order valence-corrected chi connectivity index (χ2v) is 10.5. The number of aryl methyl sites for hydroxylation is 2. The second-order valence-electron chi connectivity index (χ2n) is 9.49. The first kappa shape index (κ1) is 23.6. The van der Waals surface area contributed by atoms with E-state index in [0.29, 0.717) is 6.54 Å². The lowest BCUT2D eigenvalue weighted by molar-refractivity contribution is -0.122. The fourth-order valence-electron chi connectivity index (χ4n) is 3.90. The van der Waals surface area contributed by atoms with E-state index >= 15 is 0 Å². The van der Waals surface area contributed by atoms with Crippen molar-refractivity contribution < 1.29 is 9.59 Å². The Morgan fingerprint density at radius 1 is 1.16 bits per heavy atom. The van der Waals surface area contributed by atoms with Crippen molar-refractivity contribution >= 4 is 33.4 Å². The summed E-state index contributed by atoms with van der Waals surface area (Å²) in [4.78, 5) is 38.2. The van der Waals surface area contributed by atoms with Gasteiger partial charge in [0.15, 0.2) is 0 Å². The Kier molecular flexibility index (Phi) is 7.31. The van der Waals surface area contributed by atoms with Gasteiger partial charge in [0, 0.05) is 36.5 Å². The van der Waals surface area contributed by atoms with Gasteiger partial charge in [0.1, 0.15) is 10.7 Å². The number of carbonyl (C=O) groups is 2. The van der Waals surface area contributed by atoms with E-state index in [-0.39, 0.29) is 23.3 Å². The van der Waals surface area contributed by atoms with Crippen molar-refractivity contribution in [3.05, 3.63) is 22.0 Å². The Morgan fingerprint density at radius 2 is 1.84 bits per heavy atom. The minimum absolute atomic E-state index is 0.0312. The maximum absolute atomic E-state index is 13.0. The van der Waals surface area contributed by atoms with Crippen LogP contribution >= 0.6 is 11.3 Å². The molecule has 2 aromatic rings. The molecule has 31 heavy (non-hydrogen) atoms. The Bertz CT molecular complexity index is 955. The average Bonchev–Trinajstić information content (AvgIpc) is 3.04. The van der Waals surface area contributed by atoms with Crippen molar-refractivity contribution in [3.63, 3.8) is 0 Å². The molecule has 0 saturated carbocycles. The molecule has 0 bridgehead atoms. The van der Waals surface area contributed by atoms with E-state index in [1.165, 1.54) is 11.3 Å². The summed E-state index contributed by atoms with van der Waals surface area (Å²) < 4.78 is 0. The fourth-order valence-corrected chi connectivity index (χ4v) is 5.04. The van der Waals surface area contributed by atoms with Gasteiger partial charge in [-0.15, -0.1) is 11.3 Å². The molecule has 3 rings (SSSR count). The van der Waals surface area contributed by atoms with Crippen molar-refractivity contribution in [1.82, 2.24) is 25.5 Å². The van der Waals surface area contributed by atoms with E-state index in [1.54, 1.807) is 0 Å². The lowest BCUT2D eigenvalue weighted by Crippen LogP contribution is -2.47. The average molecular weight is 446 g/mol. The van der Waals surface area contributed by atoms with Gasteiger partial charge in [-0.05, 0) is 38.7 Å². The SMILES string of the molecule is CCCNC(=O)CN1CCC(NC(=O)c2sc3nc(C(C)(C)C)nc(C)c3c2C)CC1. The van der Waals surface area contributed by atoms with Gasteiger partial charge in [-0.3, -0.25) is 14.5 Å². The maximum atomic E-state index is 13.0. The zero-order valence-electron chi connectivity index (χ0n) is 19.6. The van der Waals surface area contributed by atoms with E-state index in [4.69, 9.17) is 9.97 Å². The summed E-state index contributed by atoms with van der Waals surface area (Å²) in [5.74, 6) is 0.855. The predicted octanol–water partition coefficient (Wildman–Crippen LogP) is 3.33. The van der Waals surface area contributed by atoms with Crippen LogP contribution in [0.3, 0.4) is 0 Å². The highest BCUT2D eigenvalue weighted by atomic mass is 32.1. The summed E-state index contributed by atoms with van der Waals surface area (Å²) in [7, 11) is 0. The zero-order chi connectivity index (χ0) is 22.8. The summed E-state index contributed by atoms with van der Waals surface area (Å²) >= 11 is 1.46. The minimum Gasteiger partial charge on any atom is -0.355 e. The van der Waals surface area contributed by atoms with E-state index in [9.17, 15) is 9.59 Å². The third-order valence-electron chi connectivity index (χ3n) is 5.71. The van der Waals surface area contributed by atoms with Crippen molar-refractivity contribution in [2.45, 2.75) is 72.3 Å². The van der Waals surface area contributed by atoms with Crippen LogP contribution in [0.25, 0.3) is 10.2 Å². The Morgan fingerprint density at radius 3 is 2.45 bits per heavy atom. The number of hydrogen-bond acceptors (Lipinski definition) is 6. The molecule has 1 fully saturated rings. The number of aromatic nitrogens is 2. The molecule has 0 atom stereocenters. The minimum atomic E-state index is -0.138. The van der Waals surface area contributed by atoms with Crippen LogP contribution in [0, 0.1) is 13.8 Å². The van der Waals surface area contributed by atoms with Crippen molar-refractivity contribution in [3.8, 4) is 0 Å². The topological polar surface area (TPSA) is 87.2 Å². The molecular formula is C23H35N5O2S. The molecule has 3 heterocycles. The first-order chi connectivity index (χ1) is 14.6. The van der Waals surface area contributed by atoms with E-state index in [1.807, 2.05) is 20.8 Å². The number of nitrogens with one attached hydrogen (secondary N) is 2. The van der Waals surface area contributed by atoms with Crippen LogP contribution in [-0.4, -0.2) is 58.9 Å². The summed E-state index contributed by atoms with van der Waals surface area (Å²) in [5.41, 5.74) is 1.75. The van der Waals surface area contributed by atoms with E-state index in [0.717, 1.165) is 71.1 Å². The molecule has 2 aromatic heterocycles. The summed E-state index contributed by atoms with van der Waals surface area (Å²) in [6, 6.07) is 0.129. The number of rotatable bonds is 6. The number of thiophene rings is 1. The van der Waals surface area contributed by atoms with Crippen molar-refractivity contribution in [2.75, 3.05) is 26.2 Å². The van der Waals surface area contributed by atoms with Crippen LogP contribution in [0.5, 0.6) is 0 Å². The molecule has 0 aliphatic carbocycles. The number of amides is 2. The highest BCUT2D eigenvalue weighted by Gasteiger charge is 2.26. The summed E-state index contributed by atoms with van der Waals surface area (Å²) in [6.07, 6.45) is 2.65. The van der Waals surface area contributed by atoms with Gasteiger partial charge < -0.3 is 10.6 Å². The summed E-state index contributed by atoms with van der Waals surface area (Å²) in [6.45, 7) is 15.1. The first-order valence-electron chi connectivity index (χ1n) is 11.2. The maximum Gasteiger partial charge on any atom is 0.261 e. The molecule has 8 heteroatoms. The zero-order valence-corrected chi connectivity index (χ0v) is 20.4. The first-order valence-corrected chi connectivity index (χ1v) is 12.0. The fraction of sp³-hybridized carbons (Fsp3) is 0.652. The molecule has 2 amide bonds. The molecule has 0 unspecified atom stereocenters. The summed E-state index contributed by atoms with van der Waals surface area (Å²) in [5, 5.41) is 7.12. The number of nitrogens with zero attached hydrogens (tertiary/aromatic N) is 3. The molecule has 0 aromatic carbocycles. The van der Waals surface area contributed by atoms with Gasteiger partial charge in [0.25, 0.3) is 5.91 Å².